The number of benzene rings is 2. The minimum atomic E-state index is -0.964. The molecule has 4 N–H and O–H groups in total. The summed E-state index contributed by atoms with van der Waals surface area (Å²) in [6.45, 7) is 7.79. The Balaban J connectivity index is -0.0000000292. The lowest BCUT2D eigenvalue weighted by Gasteiger charge is -2.28. The van der Waals surface area contributed by atoms with E-state index in [-0.39, 0.29) is 16.3 Å². The number of imidazole rings is 2. The number of rotatable bonds is 7. The van der Waals surface area contributed by atoms with Crippen LogP contribution in [0.5, 0.6) is 0 Å². The van der Waals surface area contributed by atoms with Crippen molar-refractivity contribution < 1.29 is 376 Å². The minimum absolute atomic E-state index is 0. The predicted octanol–water partition coefficient (Wildman–Crippen LogP) is 38.1. The maximum atomic E-state index is 12.8. The highest BCUT2D eigenvalue weighted by Gasteiger charge is 2.23. The average molecular weight is 2230 g/mol. The van der Waals surface area contributed by atoms with Gasteiger partial charge in [0.15, 0.2) is 5.69 Å². The third-order valence-electron chi connectivity index (χ3n) is 9.65. The van der Waals surface area contributed by atoms with Crippen molar-refractivity contribution in [2.24, 2.45) is 0 Å². The number of aryl methyl sites for hydroxylation is 2. The lowest BCUT2D eigenvalue weighted by atomic mass is 10.1. The smallest absolute Gasteiger partial charge is 0.354 e. The molecule has 134 heavy (non-hydrogen) atoms. The summed E-state index contributed by atoms with van der Waals surface area (Å²) < 4.78 is 622. The SMILES string of the molecule is Cc1ccc(-c2noc(N3CCC3)n2)cc1N.Cc1ccc(-c2noc(N3CCC3)n2)cc1NC(=O)c1cnc2ccccn12.F.FF.FF.FF.FF.FF.FF.FF.FF.FF.FF.FF.FF.FF.FF.FF.FF.FF.FF.FF.FF.FF.FF.FF.FF.FF.FF.FF.FF.FF.FF.FF.FF.FF.FF.FF.FF.FF.FF.O=C(O)c1cnc2ccccn12. The van der Waals surface area contributed by atoms with Gasteiger partial charge in [0.05, 0.1) is 12.4 Å². The normalized spacial score (nSPS) is 7.33. The van der Waals surface area contributed by atoms with E-state index in [1.165, 1.54) is 17.0 Å². The van der Waals surface area contributed by atoms with Crippen LogP contribution in [0.25, 0.3) is 34.1 Å². The number of nitrogens with two attached hydrogens (primary N) is 1. The number of nitrogen functional groups attached to an aromatic ring is 1. The molecule has 94 heteroatoms. The molecule has 0 unspecified atom stereocenters. The first kappa shape index (κ1) is 220. The monoisotopic (exact) mass is 2230 g/mol. The number of amides is 1. The van der Waals surface area contributed by atoms with E-state index in [9.17, 15) is 9.59 Å². The van der Waals surface area contributed by atoms with Crippen LogP contribution < -0.4 is 20.9 Å². The third-order valence-corrected chi connectivity index (χ3v) is 9.65. The van der Waals surface area contributed by atoms with Crippen molar-refractivity contribution in [3.63, 3.8) is 0 Å². The van der Waals surface area contributed by atoms with Gasteiger partial charge in [0.25, 0.3) is 5.91 Å². The molecule has 0 radical (unpaired) electrons. The Morgan fingerprint density at radius 2 is 0.545 bits per heavy atom. The number of hydrogen-bond acceptors (Lipinski definition) is 13. The first-order valence-corrected chi connectivity index (χ1v) is 23.7. The summed E-state index contributed by atoms with van der Waals surface area (Å²) in [4.78, 5) is 44.5. The Hall–Kier alpha value is -13.0. The number of carbonyl (C=O) groups is 2. The number of carbonyl (C=O) groups excluding carboxylic acids is 1. The van der Waals surface area contributed by atoms with Gasteiger partial charge in [-0.15, -0.1) is 0 Å². The van der Waals surface area contributed by atoms with Gasteiger partial charge in [0, 0.05) is 409 Å². The highest BCUT2D eigenvalue weighted by molar-refractivity contribution is 6.04. The van der Waals surface area contributed by atoms with Gasteiger partial charge < -0.3 is 35.0 Å². The van der Waals surface area contributed by atoms with Crippen LogP contribution in [-0.4, -0.2) is 82.2 Å². The standard InChI is InChI=1S/C20H18N6O2.C12H14N4O.C8H6N2O2.38F2.FH/c1-13-6-7-14(18-23-20(28-24-18)25-8-4-9-25)11-15(13)22-19(27)16-12-21-17-5-2-3-10-26(16)17;1-8-3-4-9(7-10(8)13)11-14-12(17-15-11)16-5-2-6-16;11-8(12)6-5-9-7-3-1-2-4-10(6)7;38*1-2;/h2-3,5-7,10-12H,4,8-9H2,1H3,(H,22,27);3-4,7H,2,5-6,13H2,1H3;1-5H,(H,11,12);;;;;;;;;;;;;;;;;;;;;;;;;;;;;;;;;;;;;;;1H. The summed E-state index contributed by atoms with van der Waals surface area (Å²) in [6.07, 6.45) is 8.74. The predicted molar refractivity (Wildman–Crippen MR) is 299 cm³/mol. The van der Waals surface area contributed by atoms with Crippen LogP contribution in [0.4, 0.5) is 376 Å². The van der Waals surface area contributed by atoms with Crippen LogP contribution in [0.2, 0.25) is 0 Å². The first-order chi connectivity index (χ1) is 65.7. The van der Waals surface area contributed by atoms with Crippen LogP contribution in [0.1, 0.15) is 44.9 Å². The van der Waals surface area contributed by atoms with Gasteiger partial charge >= 0.3 is 18.0 Å². The molecule has 0 atom stereocenters. The maximum absolute atomic E-state index is 12.8. The minimum Gasteiger partial charge on any atom is -0.477 e. The van der Waals surface area contributed by atoms with Crippen molar-refractivity contribution in [2.45, 2.75) is 26.7 Å². The van der Waals surface area contributed by atoms with Gasteiger partial charge in [-0.05, 0) is 74.2 Å². The molecule has 6 aromatic heterocycles. The van der Waals surface area contributed by atoms with E-state index >= 15 is 0 Å². The van der Waals surface area contributed by atoms with Crippen molar-refractivity contribution in [3.8, 4) is 22.8 Å². The van der Waals surface area contributed by atoms with Crippen molar-refractivity contribution in [1.29, 1.82) is 0 Å². The molecule has 0 aliphatic carbocycles. The van der Waals surface area contributed by atoms with E-state index in [1.54, 1.807) is 28.9 Å². The fraction of sp³-hybridized carbons (Fsp3) is 0.200. The zero-order chi connectivity index (χ0) is 115. The zero-order valence-electron chi connectivity index (χ0n) is 60.2. The van der Waals surface area contributed by atoms with E-state index in [0.29, 0.717) is 40.7 Å². The lowest BCUT2D eigenvalue weighted by Crippen LogP contribution is -2.37. The molecule has 0 spiro atoms. The van der Waals surface area contributed by atoms with E-state index in [1.807, 2.05) is 85.6 Å². The van der Waals surface area contributed by atoms with E-state index in [0.717, 1.165) is 66.2 Å². The van der Waals surface area contributed by atoms with Crippen LogP contribution in [0, 0.1) is 13.8 Å². The van der Waals surface area contributed by atoms with Crippen molar-refractivity contribution >= 4 is 46.6 Å². The number of pyridine rings is 2. The van der Waals surface area contributed by atoms with Crippen LogP contribution >= 0.6 is 0 Å². The summed E-state index contributed by atoms with van der Waals surface area (Å²) in [5, 5.41) is 19.7. The van der Waals surface area contributed by atoms with Crippen molar-refractivity contribution in [1.82, 2.24) is 39.1 Å². The number of hydrogen-bond donors (Lipinski definition) is 3. The molecule has 2 fully saturated rings. The lowest BCUT2D eigenvalue weighted by molar-refractivity contribution is 0.0688. The maximum Gasteiger partial charge on any atom is 0.354 e. The Labute approximate surface area is 679 Å². The second-order valence-corrected chi connectivity index (χ2v) is 13.5. The second-order valence-electron chi connectivity index (χ2n) is 13.5. The molecule has 2 aromatic carbocycles. The Kier molecular flexibility index (Phi) is 459. The molecule has 2 aliphatic rings. The zero-order valence-corrected chi connectivity index (χ0v) is 60.2. The number of fused-ring (bicyclic) bond motifs is 2. The first-order valence-electron chi connectivity index (χ1n) is 23.7. The quantitative estimate of drug-likeness (QED) is 0.100. The summed E-state index contributed by atoms with van der Waals surface area (Å²) in [5.41, 5.74) is 13.0. The number of carboxylic acids is 1. The number of nitrogens with zero attached hydrogens (tertiary/aromatic N) is 10. The molecule has 17 nitrogen and oxygen atoms in total. The Bertz CT molecular complexity index is 2840. The van der Waals surface area contributed by atoms with E-state index in [4.69, 9.17) is 368 Å². The van der Waals surface area contributed by atoms with Gasteiger partial charge in [-0.1, -0.05) is 46.7 Å². The number of carboxylic acid groups (broad SMARTS) is 1. The molecule has 2 saturated heterocycles. The van der Waals surface area contributed by atoms with Crippen LogP contribution in [-0.2, 0) is 0 Å². The number of halogens is 77. The fourth-order valence-corrected chi connectivity index (χ4v) is 5.99. The molecule has 8 aromatic rings. The average Bonchev–Trinajstić information content (AvgIpc) is 1.65. The fourth-order valence-electron chi connectivity index (χ4n) is 5.99. The molecule has 0 bridgehead atoms. The summed E-state index contributed by atoms with van der Waals surface area (Å²) in [7, 11) is 0. The summed E-state index contributed by atoms with van der Waals surface area (Å²) in [5.74, 6) is -0.0900. The number of aromatic nitrogens is 8. The third kappa shape index (κ3) is 135. The highest BCUT2D eigenvalue weighted by atomic mass is 20.1. The number of anilines is 4. The Morgan fingerprint density at radius 3 is 0.769 bits per heavy atom. The van der Waals surface area contributed by atoms with Gasteiger partial charge in [-0.3, -0.25) is 18.3 Å². The molecule has 2 aliphatic heterocycles. The highest BCUT2D eigenvalue weighted by Crippen LogP contribution is 2.28. The van der Waals surface area contributed by atoms with Crippen molar-refractivity contribution in [2.75, 3.05) is 47.0 Å². The molecule has 828 valence electrons. The van der Waals surface area contributed by atoms with Gasteiger partial charge in [0.2, 0.25) is 11.6 Å². The largest absolute Gasteiger partial charge is 0.477 e. The molecule has 1 amide bonds. The topological polar surface area (TPSA) is 211 Å². The molecular formula is C40H39F77N12O5. The number of aromatic carboxylic acids is 1. The molecule has 0 saturated carbocycles. The van der Waals surface area contributed by atoms with Gasteiger partial charge in [-0.25, -0.2) is 14.8 Å². The van der Waals surface area contributed by atoms with Gasteiger partial charge in [0.1, 0.15) is 17.0 Å². The summed E-state index contributed by atoms with van der Waals surface area (Å²) >= 11 is 0. The van der Waals surface area contributed by atoms with E-state index < -0.39 is 5.97 Å². The summed E-state index contributed by atoms with van der Waals surface area (Å²) in [6, 6.07) is 23.6. The molecular weight excluding hydrogens is 2190 g/mol. The van der Waals surface area contributed by atoms with Crippen molar-refractivity contribution in [3.05, 3.63) is 120 Å². The van der Waals surface area contributed by atoms with E-state index in [2.05, 4.69) is 40.5 Å². The molecule has 10 rings (SSSR count). The van der Waals surface area contributed by atoms with Crippen LogP contribution in [0.3, 0.4) is 0 Å². The molecule has 8 heterocycles. The Morgan fingerprint density at radius 1 is 0.321 bits per heavy atom. The second kappa shape index (κ2) is 279. The number of nitrogens with one attached hydrogen (secondary N) is 1. The van der Waals surface area contributed by atoms with Crippen LogP contribution in [0.15, 0.2) is 107 Å². The van der Waals surface area contributed by atoms with Gasteiger partial charge in [-0.2, -0.15) is 9.97 Å².